The predicted octanol–water partition coefficient (Wildman–Crippen LogP) is 5.68. The monoisotopic (exact) mass is 491 g/mol. The summed E-state index contributed by atoms with van der Waals surface area (Å²) in [5.41, 5.74) is 0.262. The van der Waals surface area contributed by atoms with Crippen molar-refractivity contribution in [2.45, 2.75) is 16.3 Å². The normalized spacial score (nSPS) is 11.2. The van der Waals surface area contributed by atoms with E-state index in [1.165, 1.54) is 7.11 Å². The van der Waals surface area contributed by atoms with Gasteiger partial charge in [0, 0.05) is 15.3 Å². The van der Waals surface area contributed by atoms with Crippen LogP contribution in [0.1, 0.15) is 5.56 Å². The van der Waals surface area contributed by atoms with Gasteiger partial charge in [-0.25, -0.2) is 4.79 Å². The van der Waals surface area contributed by atoms with Gasteiger partial charge in [0.05, 0.1) is 19.2 Å². The third-order valence-corrected chi connectivity index (χ3v) is 6.75. The summed E-state index contributed by atoms with van der Waals surface area (Å²) >= 11 is 7.05. The van der Waals surface area contributed by atoms with Gasteiger partial charge in [0.15, 0.2) is 11.3 Å². The maximum Gasteiger partial charge on any atom is 0.354 e. The van der Waals surface area contributed by atoms with Gasteiger partial charge in [-0.15, -0.1) is 0 Å². The molecule has 2 heterocycles. The fraction of sp³-hybridized carbons (Fsp3) is 0.0769. The molecule has 0 saturated carbocycles. The molecule has 0 radical (unpaired) electrons. The zero-order valence-electron chi connectivity index (χ0n) is 17.9. The standard InChI is InChI=1S/C26H18ClNO5S/c1-32-17-10-11-20-19(13-17)23-21(25(30)28(20)14-15-6-3-2-4-7-15)22(29)24(26(31)33-23)34-18-9-5-8-16(27)12-18/h2-13,29H,14H2,1H3. The van der Waals surface area contributed by atoms with Crippen LogP contribution in [0.3, 0.4) is 0 Å². The maximum atomic E-state index is 13.7. The van der Waals surface area contributed by atoms with E-state index in [0.717, 1.165) is 17.3 Å². The van der Waals surface area contributed by atoms with Crippen LogP contribution < -0.4 is 15.9 Å². The predicted molar refractivity (Wildman–Crippen MR) is 134 cm³/mol. The van der Waals surface area contributed by atoms with E-state index in [-0.39, 0.29) is 22.4 Å². The van der Waals surface area contributed by atoms with E-state index in [1.807, 2.05) is 30.3 Å². The highest BCUT2D eigenvalue weighted by molar-refractivity contribution is 7.99. The third-order valence-electron chi connectivity index (χ3n) is 5.46. The van der Waals surface area contributed by atoms with Gasteiger partial charge < -0.3 is 18.8 Å². The molecule has 0 spiro atoms. The Morgan fingerprint density at radius 1 is 1.03 bits per heavy atom. The summed E-state index contributed by atoms with van der Waals surface area (Å²) in [6, 6.07) is 21.5. The molecule has 170 valence electrons. The molecule has 0 fully saturated rings. The van der Waals surface area contributed by atoms with Gasteiger partial charge in [-0.1, -0.05) is 59.8 Å². The number of pyridine rings is 1. The van der Waals surface area contributed by atoms with Crippen molar-refractivity contribution in [1.29, 1.82) is 0 Å². The highest BCUT2D eigenvalue weighted by Gasteiger charge is 2.23. The van der Waals surface area contributed by atoms with Crippen LogP contribution in [0.4, 0.5) is 0 Å². The topological polar surface area (TPSA) is 81.7 Å². The molecule has 1 N–H and O–H groups in total. The molecule has 5 aromatic rings. The Bertz CT molecular complexity index is 1660. The SMILES string of the molecule is COc1ccc2c(c1)c1oc(=O)c(Sc3cccc(Cl)c3)c(O)c1c(=O)n2Cc1ccccc1. The zero-order valence-corrected chi connectivity index (χ0v) is 19.5. The maximum absolute atomic E-state index is 13.7. The number of nitrogens with zero attached hydrogens (tertiary/aromatic N) is 1. The van der Waals surface area contributed by atoms with E-state index in [4.69, 9.17) is 20.8 Å². The lowest BCUT2D eigenvalue weighted by molar-refractivity contribution is 0.415. The molecular formula is C26H18ClNO5S. The number of rotatable bonds is 5. The Labute approximate surface area is 203 Å². The molecular weight excluding hydrogens is 474 g/mol. The Kier molecular flexibility index (Phi) is 5.81. The highest BCUT2D eigenvalue weighted by Crippen LogP contribution is 2.38. The molecule has 5 rings (SSSR count). The van der Waals surface area contributed by atoms with Gasteiger partial charge in [-0.2, -0.15) is 0 Å². The second kappa shape index (κ2) is 8.93. The first kappa shape index (κ1) is 22.1. The first-order chi connectivity index (χ1) is 16.5. The molecule has 0 amide bonds. The minimum Gasteiger partial charge on any atom is -0.505 e. The summed E-state index contributed by atoms with van der Waals surface area (Å²) in [7, 11) is 1.52. The van der Waals surface area contributed by atoms with Crippen LogP contribution in [0.15, 0.2) is 96.6 Å². The Balaban J connectivity index is 1.82. The minimum atomic E-state index is -0.751. The molecule has 0 aliphatic heterocycles. The first-order valence-electron chi connectivity index (χ1n) is 10.3. The lowest BCUT2D eigenvalue weighted by Gasteiger charge is -2.15. The number of hydrogen-bond donors (Lipinski definition) is 1. The molecule has 2 aromatic heterocycles. The van der Waals surface area contributed by atoms with E-state index in [2.05, 4.69) is 0 Å². The van der Waals surface area contributed by atoms with E-state index in [1.54, 1.807) is 47.0 Å². The molecule has 6 nitrogen and oxygen atoms in total. The molecule has 0 atom stereocenters. The van der Waals surface area contributed by atoms with Crippen molar-refractivity contribution in [3.8, 4) is 11.5 Å². The number of benzene rings is 3. The van der Waals surface area contributed by atoms with Crippen molar-refractivity contribution in [3.05, 3.63) is 104 Å². The van der Waals surface area contributed by atoms with Gasteiger partial charge in [0.1, 0.15) is 16.0 Å². The van der Waals surface area contributed by atoms with Crippen molar-refractivity contribution in [1.82, 2.24) is 4.57 Å². The number of fused-ring (bicyclic) bond motifs is 3. The molecule has 0 unspecified atom stereocenters. The molecule has 0 aliphatic rings. The van der Waals surface area contributed by atoms with Gasteiger partial charge in [-0.05, 0) is 42.0 Å². The number of aromatic nitrogens is 1. The number of aromatic hydroxyl groups is 1. The summed E-state index contributed by atoms with van der Waals surface area (Å²) in [6.07, 6.45) is 0. The summed E-state index contributed by atoms with van der Waals surface area (Å²) in [6.45, 7) is 0.272. The zero-order chi connectivity index (χ0) is 23.8. The molecule has 0 saturated heterocycles. The van der Waals surface area contributed by atoms with Crippen LogP contribution in [0.2, 0.25) is 5.02 Å². The fourth-order valence-electron chi connectivity index (χ4n) is 3.86. The second-order valence-corrected chi connectivity index (χ2v) is 9.11. The average molecular weight is 492 g/mol. The molecule has 0 bridgehead atoms. The van der Waals surface area contributed by atoms with Crippen molar-refractivity contribution >= 4 is 45.2 Å². The van der Waals surface area contributed by atoms with Crippen LogP contribution in [0.25, 0.3) is 21.9 Å². The summed E-state index contributed by atoms with van der Waals surface area (Å²) in [4.78, 5) is 27.1. The van der Waals surface area contributed by atoms with Gasteiger partial charge in [-0.3, -0.25) is 4.79 Å². The first-order valence-corrected chi connectivity index (χ1v) is 11.5. The highest BCUT2D eigenvalue weighted by atomic mass is 35.5. The minimum absolute atomic E-state index is 0.0150. The number of hydrogen-bond acceptors (Lipinski definition) is 6. The Morgan fingerprint density at radius 2 is 1.82 bits per heavy atom. The second-order valence-electron chi connectivity index (χ2n) is 7.59. The van der Waals surface area contributed by atoms with Gasteiger partial charge in [0.2, 0.25) is 0 Å². The van der Waals surface area contributed by atoms with Crippen molar-refractivity contribution < 1.29 is 14.3 Å². The van der Waals surface area contributed by atoms with E-state index < -0.39 is 16.9 Å². The largest absolute Gasteiger partial charge is 0.505 e. The molecule has 3 aromatic carbocycles. The van der Waals surface area contributed by atoms with Crippen molar-refractivity contribution in [3.63, 3.8) is 0 Å². The van der Waals surface area contributed by atoms with E-state index in [9.17, 15) is 14.7 Å². The summed E-state index contributed by atoms with van der Waals surface area (Å²) < 4.78 is 12.5. The lowest BCUT2D eigenvalue weighted by atomic mass is 10.1. The molecule has 8 heteroatoms. The van der Waals surface area contributed by atoms with Crippen molar-refractivity contribution in [2.24, 2.45) is 0 Å². The number of methoxy groups -OCH3 is 1. The lowest BCUT2D eigenvalue weighted by Crippen LogP contribution is -2.22. The van der Waals surface area contributed by atoms with Crippen LogP contribution in [0.5, 0.6) is 11.5 Å². The van der Waals surface area contributed by atoms with Gasteiger partial charge in [0.25, 0.3) is 5.56 Å². The number of halogens is 1. The van der Waals surface area contributed by atoms with Crippen LogP contribution in [0, 0.1) is 0 Å². The smallest absolute Gasteiger partial charge is 0.354 e. The Hall–Kier alpha value is -3.68. The van der Waals surface area contributed by atoms with Crippen LogP contribution in [-0.2, 0) is 6.54 Å². The van der Waals surface area contributed by atoms with Crippen molar-refractivity contribution in [2.75, 3.05) is 7.11 Å². The quantitative estimate of drug-likeness (QED) is 0.319. The van der Waals surface area contributed by atoms with Gasteiger partial charge >= 0.3 is 5.63 Å². The Morgan fingerprint density at radius 3 is 2.56 bits per heavy atom. The van der Waals surface area contributed by atoms with Crippen LogP contribution >= 0.6 is 23.4 Å². The average Bonchev–Trinajstić information content (AvgIpc) is 2.84. The van der Waals surface area contributed by atoms with E-state index in [0.29, 0.717) is 26.6 Å². The molecule has 0 aliphatic carbocycles. The molecule has 34 heavy (non-hydrogen) atoms. The summed E-state index contributed by atoms with van der Waals surface area (Å²) in [5, 5.41) is 12.1. The van der Waals surface area contributed by atoms with Crippen LogP contribution in [-0.4, -0.2) is 16.8 Å². The fourth-order valence-corrected chi connectivity index (χ4v) is 5.01. The third kappa shape index (κ3) is 3.93. The number of ether oxygens (including phenoxy) is 1. The summed E-state index contributed by atoms with van der Waals surface area (Å²) in [5.74, 6) is 0.103. The van der Waals surface area contributed by atoms with E-state index >= 15 is 0 Å².